The van der Waals surface area contributed by atoms with E-state index in [0.717, 1.165) is 106 Å². The highest BCUT2D eigenvalue weighted by molar-refractivity contribution is 7.90. The zero-order valence-corrected chi connectivity index (χ0v) is 46.4. The van der Waals surface area contributed by atoms with Crippen LogP contribution in [0.2, 0.25) is 0 Å². The topological polar surface area (TPSA) is 222 Å². The molecule has 21 nitrogen and oxygen atoms in total. The van der Waals surface area contributed by atoms with Gasteiger partial charge in [0.1, 0.15) is 45.6 Å². The molecule has 0 amide bonds. The van der Waals surface area contributed by atoms with Gasteiger partial charge in [-0.05, 0) is 82.1 Å². The molecule has 2 aliphatic heterocycles. The maximum Gasteiger partial charge on any atom is 0.225 e. The van der Waals surface area contributed by atoms with Gasteiger partial charge in [-0.3, -0.25) is 9.36 Å². The summed E-state index contributed by atoms with van der Waals surface area (Å²) in [6.07, 6.45) is 21.9. The van der Waals surface area contributed by atoms with Crippen LogP contribution in [-0.4, -0.2) is 130 Å². The summed E-state index contributed by atoms with van der Waals surface area (Å²) in [7, 11) is 3.80. The molecule has 2 aromatic carbocycles. The average molecular weight is 1100 g/mol. The number of nitrogens with one attached hydrogen (secondary N) is 1. The molecule has 80 heavy (non-hydrogen) atoms. The lowest BCUT2D eigenvalue weighted by molar-refractivity contribution is 0.478. The van der Waals surface area contributed by atoms with Gasteiger partial charge in [0, 0.05) is 161 Å². The molecule has 0 saturated carbocycles. The molecule has 3 atom stereocenters. The van der Waals surface area contributed by atoms with Crippen molar-refractivity contribution in [2.75, 3.05) is 72.0 Å². The van der Waals surface area contributed by atoms with Crippen molar-refractivity contribution in [2.24, 2.45) is 19.8 Å². The third kappa shape index (κ3) is 11.0. The fraction of sp³-hybridized carbons (Fsp3) is 0.321. The Morgan fingerprint density at radius 1 is 0.487 bits per heavy atom. The van der Waals surface area contributed by atoms with Crippen LogP contribution < -0.4 is 30.1 Å². The Morgan fingerprint density at radius 3 is 1.29 bits per heavy atom. The SMILES string of the molecule is Cn1cc(-c2cc3c(N4CCN(c5ncc(C(C)(N)c6ccc(F)cc6)cn5)CC4)ncnn3c2)cn1.Cn1cc(-c2cc3c(N4CCN(c5ncc(C(C)(N[S+]([O-])C(C)(C)C)c6ccc(F)cc6)cn5)CC4)ncnn3c2)cn1. The Labute approximate surface area is 464 Å². The van der Waals surface area contributed by atoms with Gasteiger partial charge >= 0.3 is 0 Å². The lowest BCUT2D eigenvalue weighted by atomic mass is 9.87. The van der Waals surface area contributed by atoms with Gasteiger partial charge in [0.05, 0.1) is 17.9 Å². The molecule has 3 unspecified atom stereocenters. The first-order valence-corrected chi connectivity index (χ1v) is 27.3. The van der Waals surface area contributed by atoms with Gasteiger partial charge < -0.3 is 29.9 Å². The Bertz CT molecular complexity index is 3730. The molecule has 2 saturated heterocycles. The van der Waals surface area contributed by atoms with Crippen LogP contribution in [0.15, 0.2) is 135 Å². The van der Waals surface area contributed by atoms with Gasteiger partial charge in [-0.15, -0.1) is 4.72 Å². The number of rotatable bonds is 12. The maximum atomic E-state index is 13.7. The first kappa shape index (κ1) is 53.5. The highest BCUT2D eigenvalue weighted by Gasteiger charge is 2.39. The van der Waals surface area contributed by atoms with Crippen molar-refractivity contribution < 1.29 is 13.3 Å². The quantitative estimate of drug-likeness (QED) is 0.128. The van der Waals surface area contributed by atoms with Crippen molar-refractivity contribution >= 4 is 45.9 Å². The van der Waals surface area contributed by atoms with Crippen molar-refractivity contribution in [3.8, 4) is 22.3 Å². The molecule has 12 rings (SSSR count). The Kier molecular flexibility index (Phi) is 14.5. The molecular formula is C56H62F2N20OS. The zero-order chi connectivity index (χ0) is 55.9. The van der Waals surface area contributed by atoms with E-state index in [2.05, 4.69) is 76.8 Å². The summed E-state index contributed by atoms with van der Waals surface area (Å²) in [4.78, 5) is 36.7. The Morgan fingerprint density at radius 2 is 0.887 bits per heavy atom. The van der Waals surface area contributed by atoms with Crippen LogP contribution >= 0.6 is 0 Å². The van der Waals surface area contributed by atoms with E-state index in [1.165, 1.54) is 24.3 Å². The molecule has 2 fully saturated rings. The van der Waals surface area contributed by atoms with Crippen molar-refractivity contribution in [3.63, 3.8) is 0 Å². The first-order valence-electron chi connectivity index (χ1n) is 26.2. The van der Waals surface area contributed by atoms with Gasteiger partial charge in [-0.2, -0.15) is 20.4 Å². The summed E-state index contributed by atoms with van der Waals surface area (Å²) in [6.45, 7) is 15.5. The number of aromatic nitrogens is 14. The number of halogens is 2. The highest BCUT2D eigenvalue weighted by atomic mass is 32.2. The minimum Gasteiger partial charge on any atom is -0.598 e. The van der Waals surface area contributed by atoms with Crippen LogP contribution in [0.5, 0.6) is 0 Å². The largest absolute Gasteiger partial charge is 0.598 e. The van der Waals surface area contributed by atoms with Gasteiger partial charge in [-0.1, -0.05) is 24.3 Å². The normalized spacial score (nSPS) is 16.1. The first-order chi connectivity index (χ1) is 38.4. The van der Waals surface area contributed by atoms with Crippen LogP contribution in [0.3, 0.4) is 0 Å². The predicted molar refractivity (Wildman–Crippen MR) is 304 cm³/mol. The minimum atomic E-state index is -1.40. The van der Waals surface area contributed by atoms with Crippen molar-refractivity contribution in [3.05, 3.63) is 169 Å². The van der Waals surface area contributed by atoms with Crippen LogP contribution in [0.1, 0.15) is 56.9 Å². The number of piperazine rings is 2. The van der Waals surface area contributed by atoms with Crippen molar-refractivity contribution in [1.29, 1.82) is 0 Å². The monoisotopic (exact) mass is 1100 g/mol. The second-order valence-corrected chi connectivity index (χ2v) is 23.4. The van der Waals surface area contributed by atoms with Gasteiger partial charge in [0.15, 0.2) is 11.6 Å². The fourth-order valence-corrected chi connectivity index (χ4v) is 10.8. The molecule has 2 aliphatic rings. The van der Waals surface area contributed by atoms with E-state index < -0.39 is 27.2 Å². The lowest BCUT2D eigenvalue weighted by Gasteiger charge is -2.36. The Balaban J connectivity index is 0.000000171. The number of nitrogens with zero attached hydrogens (tertiary/aromatic N) is 18. The molecule has 10 aromatic rings. The van der Waals surface area contributed by atoms with E-state index in [1.54, 1.807) is 71.1 Å². The molecule has 8 aromatic heterocycles. The van der Waals surface area contributed by atoms with Crippen molar-refractivity contribution in [1.82, 2.24) is 73.4 Å². The number of fused-ring (bicyclic) bond motifs is 2. The summed E-state index contributed by atoms with van der Waals surface area (Å²) < 4.78 is 50.3. The molecule has 3 N–H and O–H groups in total. The third-order valence-corrected chi connectivity index (χ3v) is 16.4. The van der Waals surface area contributed by atoms with E-state index in [-0.39, 0.29) is 11.6 Å². The predicted octanol–water partition coefficient (Wildman–Crippen LogP) is 6.31. The van der Waals surface area contributed by atoms with Crippen molar-refractivity contribution in [2.45, 2.75) is 50.4 Å². The van der Waals surface area contributed by atoms with Crippen LogP contribution in [0, 0.1) is 11.6 Å². The van der Waals surface area contributed by atoms with E-state index in [0.29, 0.717) is 25.0 Å². The average Bonchev–Trinajstić information content (AvgIpc) is 4.33. The van der Waals surface area contributed by atoms with Crippen LogP contribution in [-0.2, 0) is 36.5 Å². The van der Waals surface area contributed by atoms with Gasteiger partial charge in [-0.25, -0.2) is 47.7 Å². The van der Waals surface area contributed by atoms with E-state index in [1.807, 2.05) is 94.9 Å². The summed E-state index contributed by atoms with van der Waals surface area (Å²) in [6, 6.07) is 16.6. The highest BCUT2D eigenvalue weighted by Crippen LogP contribution is 2.34. The summed E-state index contributed by atoms with van der Waals surface area (Å²) in [5.41, 5.74) is 14.0. The molecule has 0 radical (unpaired) electrons. The summed E-state index contributed by atoms with van der Waals surface area (Å²) in [5, 5.41) is 17.4. The molecule has 24 heteroatoms. The number of benzene rings is 2. The molecule has 0 spiro atoms. The molecular weight excluding hydrogens is 1040 g/mol. The standard InChI is InChI=1S/C30H35FN10OS.C26H27FN10/c1-29(2,3)43(42)37-30(4,23-6-8-25(31)9-7-23)24-16-32-28(33-17-24)40-12-10-39(11-13-40)27-26-14-21(19-41(26)36-20-34-27)22-15-35-38(5)18-22;1-26(28,20-3-5-22(27)6-4-20)21-13-29-25(30-14-21)36-9-7-35(8-10-36)24-23-11-18(16-37(23)33-17-31-24)19-12-32-34(2)15-19/h6-9,14-20,37H,10-13H2,1-5H3;3-6,11-17H,7-10,28H2,1-2H3. The van der Waals surface area contributed by atoms with Crippen LogP contribution in [0.25, 0.3) is 33.3 Å². The second kappa shape index (κ2) is 21.6. The van der Waals surface area contributed by atoms with Gasteiger partial charge in [0.2, 0.25) is 11.9 Å². The number of hydrogen-bond donors (Lipinski definition) is 2. The fourth-order valence-electron chi connectivity index (χ4n) is 9.88. The number of nitrogens with two attached hydrogens (primary N) is 1. The van der Waals surface area contributed by atoms with E-state index in [9.17, 15) is 13.3 Å². The van der Waals surface area contributed by atoms with Crippen LogP contribution in [0.4, 0.5) is 32.3 Å². The minimum absolute atomic E-state index is 0.293. The number of anilines is 4. The molecule has 10 heterocycles. The second-order valence-electron chi connectivity index (χ2n) is 21.4. The number of hydrogen-bond acceptors (Lipinski definition) is 17. The number of aryl methyl sites for hydroxylation is 2. The van der Waals surface area contributed by atoms with E-state index >= 15 is 0 Å². The molecule has 0 aliphatic carbocycles. The Hall–Kier alpha value is -8.45. The molecule has 0 bridgehead atoms. The molecule has 412 valence electrons. The maximum absolute atomic E-state index is 13.7. The van der Waals surface area contributed by atoms with Gasteiger partial charge in [0.25, 0.3) is 0 Å². The summed E-state index contributed by atoms with van der Waals surface area (Å²) in [5.74, 6) is 2.44. The summed E-state index contributed by atoms with van der Waals surface area (Å²) >= 11 is -1.40. The lowest BCUT2D eigenvalue weighted by Crippen LogP contribution is -2.50. The zero-order valence-electron chi connectivity index (χ0n) is 45.6. The van der Waals surface area contributed by atoms with E-state index in [4.69, 9.17) is 15.7 Å². The smallest absolute Gasteiger partial charge is 0.225 e. The third-order valence-electron chi connectivity index (χ3n) is 14.7.